The molecular formula is C7H10BClN4O3P. The summed E-state index contributed by atoms with van der Waals surface area (Å²) in [6, 6.07) is 0. The van der Waals surface area contributed by atoms with Crippen molar-refractivity contribution in [2.24, 2.45) is 0 Å². The van der Waals surface area contributed by atoms with Gasteiger partial charge in [0.25, 0.3) is 0 Å². The minimum Gasteiger partial charge on any atom is -0.476 e. The van der Waals surface area contributed by atoms with E-state index in [1.807, 2.05) is 0 Å². The van der Waals surface area contributed by atoms with Crippen LogP contribution >= 0.6 is 20.7 Å². The summed E-state index contributed by atoms with van der Waals surface area (Å²) in [6.45, 7) is 3.55. The van der Waals surface area contributed by atoms with Gasteiger partial charge in [-0.25, -0.2) is 0 Å². The molecule has 0 fully saturated rings. The number of ether oxygens (including phenoxy) is 1. The van der Waals surface area contributed by atoms with Crippen LogP contribution in [0.4, 0.5) is 11.5 Å². The second-order valence-electron chi connectivity index (χ2n) is 3.08. The molecular weight excluding hydrogens is 265 g/mol. The highest BCUT2D eigenvalue weighted by Gasteiger charge is 2.26. The van der Waals surface area contributed by atoms with Crippen LogP contribution in [-0.4, -0.2) is 34.9 Å². The number of anilines is 1. The molecule has 10 heteroatoms. The van der Waals surface area contributed by atoms with Crippen LogP contribution in [0.25, 0.3) is 0 Å². The zero-order chi connectivity index (χ0) is 13.0. The fourth-order valence-electron chi connectivity index (χ4n) is 1.08. The van der Waals surface area contributed by atoms with Crippen LogP contribution in [0.15, 0.2) is 0 Å². The van der Waals surface area contributed by atoms with Gasteiger partial charge in [-0.1, -0.05) is 6.92 Å². The lowest BCUT2D eigenvalue weighted by Gasteiger charge is -2.12. The Labute approximate surface area is 106 Å². The van der Waals surface area contributed by atoms with Crippen molar-refractivity contribution in [2.75, 3.05) is 12.4 Å². The molecule has 0 aliphatic heterocycles. The van der Waals surface area contributed by atoms with E-state index in [9.17, 15) is 10.1 Å². The van der Waals surface area contributed by atoms with Gasteiger partial charge in [-0.05, 0) is 17.5 Å². The van der Waals surface area contributed by atoms with Crippen LogP contribution in [0.2, 0.25) is 5.28 Å². The molecule has 1 rings (SSSR count). The van der Waals surface area contributed by atoms with Crippen molar-refractivity contribution in [3.8, 4) is 5.88 Å². The monoisotopic (exact) mass is 275 g/mol. The van der Waals surface area contributed by atoms with E-state index in [1.54, 1.807) is 13.9 Å². The zero-order valence-corrected chi connectivity index (χ0v) is 11.1. The van der Waals surface area contributed by atoms with Crippen LogP contribution in [0.1, 0.15) is 6.92 Å². The molecule has 2 atom stereocenters. The standard InChI is InChI=1S/C7H10BClN4O3P/c1-3(8-17)10-5-4(13(14)15)6(16-2)12-7(9)11-5/h3H,17H2,1-2H3,(H,10,11,12). The van der Waals surface area contributed by atoms with Gasteiger partial charge in [0.15, 0.2) is 7.00 Å². The average Bonchev–Trinajstić information content (AvgIpc) is 2.27. The molecule has 0 spiro atoms. The minimum absolute atomic E-state index is 0.0260. The third-order valence-electron chi connectivity index (χ3n) is 1.85. The second-order valence-corrected chi connectivity index (χ2v) is 3.80. The quantitative estimate of drug-likeness (QED) is 0.286. The van der Waals surface area contributed by atoms with Gasteiger partial charge in [-0.3, -0.25) is 10.1 Å². The SMILES string of the molecule is COc1nc(Cl)nc(NC(C)[B]P)c1[N+](=O)[O-]. The third kappa shape index (κ3) is 3.41. The number of nitrogens with one attached hydrogen (secondary N) is 1. The van der Waals surface area contributed by atoms with Gasteiger partial charge in [0.05, 0.1) is 12.0 Å². The van der Waals surface area contributed by atoms with Crippen LogP contribution in [0.3, 0.4) is 0 Å². The Bertz CT molecular complexity index is 436. The summed E-state index contributed by atoms with van der Waals surface area (Å²) in [5.74, 6) is -0.277. The van der Waals surface area contributed by atoms with Gasteiger partial charge in [-0.2, -0.15) is 19.1 Å². The molecule has 1 N–H and O–H groups in total. The molecule has 0 amide bonds. The highest BCUT2D eigenvalue weighted by Crippen LogP contribution is 2.32. The maximum atomic E-state index is 10.9. The van der Waals surface area contributed by atoms with Crippen LogP contribution in [0.5, 0.6) is 5.88 Å². The maximum Gasteiger partial charge on any atom is 0.372 e. The minimum atomic E-state index is -0.618. The van der Waals surface area contributed by atoms with Crippen molar-refractivity contribution < 1.29 is 9.66 Å². The third-order valence-corrected chi connectivity index (χ3v) is 2.60. The first-order valence-electron chi connectivity index (χ1n) is 4.57. The predicted octanol–water partition coefficient (Wildman–Crippen LogP) is 1.30. The number of rotatable bonds is 5. The van der Waals surface area contributed by atoms with Crippen LogP contribution in [0, 0.1) is 10.1 Å². The topological polar surface area (TPSA) is 90.2 Å². The molecule has 7 nitrogen and oxygen atoms in total. The normalized spacial score (nSPS) is 11.8. The van der Waals surface area contributed by atoms with Gasteiger partial charge >= 0.3 is 11.6 Å². The molecule has 17 heavy (non-hydrogen) atoms. The molecule has 2 unspecified atom stereocenters. The Balaban J connectivity index is 3.25. The van der Waals surface area contributed by atoms with E-state index in [0.717, 1.165) is 0 Å². The summed E-state index contributed by atoms with van der Waals surface area (Å²) in [6.07, 6.45) is 0. The first kappa shape index (κ1) is 13.9. The number of nitro groups is 1. The van der Waals surface area contributed by atoms with Crippen LogP contribution < -0.4 is 10.1 Å². The Morgan fingerprint density at radius 3 is 2.76 bits per heavy atom. The Morgan fingerprint density at radius 2 is 2.29 bits per heavy atom. The molecule has 0 aromatic carbocycles. The summed E-state index contributed by atoms with van der Waals surface area (Å²) < 4.78 is 4.81. The molecule has 1 heterocycles. The molecule has 0 saturated carbocycles. The first-order chi connectivity index (χ1) is 7.99. The van der Waals surface area contributed by atoms with E-state index in [2.05, 4.69) is 24.4 Å². The van der Waals surface area contributed by atoms with Crippen molar-refractivity contribution >= 4 is 39.2 Å². The lowest BCUT2D eigenvalue weighted by molar-refractivity contribution is -0.385. The summed E-state index contributed by atoms with van der Waals surface area (Å²) in [4.78, 5) is 17.7. The number of hydrogen-bond acceptors (Lipinski definition) is 6. The van der Waals surface area contributed by atoms with E-state index >= 15 is 0 Å². The molecule has 0 bridgehead atoms. The second kappa shape index (κ2) is 5.98. The van der Waals surface area contributed by atoms with Crippen molar-refractivity contribution in [3.63, 3.8) is 0 Å². The smallest absolute Gasteiger partial charge is 0.372 e. The summed E-state index contributed by atoms with van der Waals surface area (Å²) in [5, 5.41) is 13.6. The fourth-order valence-corrected chi connectivity index (χ4v) is 1.34. The predicted molar refractivity (Wildman–Crippen MR) is 68.8 cm³/mol. The molecule has 91 valence electrons. The Kier molecular flexibility index (Phi) is 4.90. The van der Waals surface area contributed by atoms with E-state index in [1.165, 1.54) is 7.11 Å². The number of aromatic nitrogens is 2. The molecule has 1 radical (unpaired) electrons. The van der Waals surface area contributed by atoms with E-state index in [0.29, 0.717) is 0 Å². The number of halogens is 1. The van der Waals surface area contributed by atoms with Crippen molar-refractivity contribution in [1.29, 1.82) is 0 Å². The molecule has 0 aliphatic rings. The molecule has 0 aliphatic carbocycles. The highest BCUT2D eigenvalue weighted by molar-refractivity contribution is 7.56. The molecule has 0 saturated heterocycles. The summed E-state index contributed by atoms with van der Waals surface area (Å²) in [7, 11) is 3.68. The van der Waals surface area contributed by atoms with Gasteiger partial charge < -0.3 is 10.1 Å². The lowest BCUT2D eigenvalue weighted by Crippen LogP contribution is -2.21. The zero-order valence-electron chi connectivity index (χ0n) is 9.18. The molecule has 1 aromatic rings. The lowest BCUT2D eigenvalue weighted by atomic mass is 9.97. The van der Waals surface area contributed by atoms with Crippen molar-refractivity contribution in [3.05, 3.63) is 15.4 Å². The van der Waals surface area contributed by atoms with Gasteiger partial charge in [0, 0.05) is 0 Å². The Morgan fingerprint density at radius 1 is 1.65 bits per heavy atom. The number of nitrogens with zero attached hydrogens (tertiary/aromatic N) is 3. The van der Waals surface area contributed by atoms with Gasteiger partial charge in [-0.15, -0.1) is 0 Å². The first-order valence-corrected chi connectivity index (χ1v) is 5.61. The van der Waals surface area contributed by atoms with Crippen LogP contribution in [-0.2, 0) is 0 Å². The van der Waals surface area contributed by atoms with E-state index in [4.69, 9.17) is 16.3 Å². The van der Waals surface area contributed by atoms with Crippen molar-refractivity contribution in [2.45, 2.75) is 12.9 Å². The summed E-state index contributed by atoms with van der Waals surface area (Å²) >= 11 is 5.65. The van der Waals surface area contributed by atoms with Crippen molar-refractivity contribution in [1.82, 2.24) is 9.97 Å². The Hall–Kier alpha value is -1.14. The number of methoxy groups -OCH3 is 1. The fraction of sp³-hybridized carbons (Fsp3) is 0.429. The van der Waals surface area contributed by atoms with E-state index < -0.39 is 4.92 Å². The van der Waals surface area contributed by atoms with Gasteiger partial charge in [0.2, 0.25) is 11.1 Å². The largest absolute Gasteiger partial charge is 0.476 e. The van der Waals surface area contributed by atoms with E-state index in [-0.39, 0.29) is 28.6 Å². The highest BCUT2D eigenvalue weighted by atomic mass is 35.5. The van der Waals surface area contributed by atoms with Gasteiger partial charge in [0.1, 0.15) is 0 Å². The average molecular weight is 275 g/mol. The summed E-state index contributed by atoms with van der Waals surface area (Å²) in [5.41, 5.74) is -0.337. The molecule has 1 aromatic heterocycles. The number of hydrogen-bond donors (Lipinski definition) is 1. The maximum absolute atomic E-state index is 10.9.